The molecule has 0 bridgehead atoms. The average molecular weight is 398 g/mol. The molecule has 0 radical (unpaired) electrons. The van der Waals surface area contributed by atoms with Crippen molar-refractivity contribution in [2.75, 3.05) is 4.90 Å². The molecule has 0 fully saturated rings. The molecule has 4 nitrogen and oxygen atoms in total. The van der Waals surface area contributed by atoms with E-state index in [1.807, 2.05) is 84.6 Å². The summed E-state index contributed by atoms with van der Waals surface area (Å²) in [5.74, 6) is -0.00881. The molecule has 0 N–H and O–H groups in total. The standard InChI is InChI=1S/C24H19N3OS/c1-17-15-21(18-9-3-2-4-10-18)26(25-17)16-24(28)27-19-11-5-7-13-22(19)29-23-14-8-6-12-20(23)27/h2-15H,16H2,1H3. The Morgan fingerprint density at radius 3 is 2.10 bits per heavy atom. The molecule has 1 amide bonds. The van der Waals surface area contributed by atoms with Crippen molar-refractivity contribution in [2.45, 2.75) is 23.3 Å². The predicted molar refractivity (Wildman–Crippen MR) is 117 cm³/mol. The largest absolute Gasteiger partial charge is 0.277 e. The van der Waals surface area contributed by atoms with E-state index in [1.165, 1.54) is 0 Å². The molecule has 142 valence electrons. The normalized spacial score (nSPS) is 12.4. The quantitative estimate of drug-likeness (QED) is 0.446. The number of rotatable bonds is 3. The van der Waals surface area contributed by atoms with Crippen molar-refractivity contribution in [3.8, 4) is 11.3 Å². The van der Waals surface area contributed by atoms with Crippen LogP contribution < -0.4 is 4.90 Å². The Bertz CT molecular complexity index is 1150. The van der Waals surface area contributed by atoms with Crippen LogP contribution in [0.3, 0.4) is 0 Å². The van der Waals surface area contributed by atoms with Crippen LogP contribution >= 0.6 is 11.8 Å². The summed E-state index contributed by atoms with van der Waals surface area (Å²) in [4.78, 5) is 17.5. The molecular formula is C24H19N3OS. The summed E-state index contributed by atoms with van der Waals surface area (Å²) in [6.07, 6.45) is 0. The molecule has 2 heterocycles. The number of amides is 1. The Labute approximate surface area is 173 Å². The number of anilines is 2. The third-order valence-electron chi connectivity index (χ3n) is 4.94. The summed E-state index contributed by atoms with van der Waals surface area (Å²) < 4.78 is 1.81. The van der Waals surface area contributed by atoms with Crippen molar-refractivity contribution in [1.82, 2.24) is 9.78 Å². The molecule has 1 aliphatic rings. The van der Waals surface area contributed by atoms with Gasteiger partial charge in [-0.1, -0.05) is 66.4 Å². The molecular weight excluding hydrogens is 378 g/mol. The van der Waals surface area contributed by atoms with Crippen molar-refractivity contribution in [2.24, 2.45) is 0 Å². The van der Waals surface area contributed by atoms with E-state index in [1.54, 1.807) is 16.4 Å². The predicted octanol–water partition coefficient (Wildman–Crippen LogP) is 5.69. The summed E-state index contributed by atoms with van der Waals surface area (Å²) in [6, 6.07) is 28.2. The second-order valence-corrected chi connectivity index (χ2v) is 8.05. The maximum Gasteiger partial charge on any atom is 0.253 e. The Morgan fingerprint density at radius 2 is 1.45 bits per heavy atom. The van der Waals surface area contributed by atoms with Gasteiger partial charge in [0.05, 0.1) is 22.8 Å². The second-order valence-electron chi connectivity index (χ2n) is 6.96. The van der Waals surface area contributed by atoms with Gasteiger partial charge in [0.25, 0.3) is 5.91 Å². The highest BCUT2D eigenvalue weighted by Gasteiger charge is 2.28. The highest BCUT2D eigenvalue weighted by molar-refractivity contribution is 7.99. The van der Waals surface area contributed by atoms with E-state index in [9.17, 15) is 4.79 Å². The number of para-hydroxylation sites is 2. The van der Waals surface area contributed by atoms with Gasteiger partial charge in [0, 0.05) is 9.79 Å². The van der Waals surface area contributed by atoms with Crippen LogP contribution in [0.1, 0.15) is 5.69 Å². The minimum atomic E-state index is -0.00881. The number of nitrogens with zero attached hydrogens (tertiary/aromatic N) is 3. The van der Waals surface area contributed by atoms with Crippen LogP contribution in [-0.4, -0.2) is 15.7 Å². The molecule has 0 spiro atoms. The van der Waals surface area contributed by atoms with E-state index < -0.39 is 0 Å². The smallest absolute Gasteiger partial charge is 0.253 e. The summed E-state index contributed by atoms with van der Waals surface area (Å²) in [6.45, 7) is 2.13. The van der Waals surface area contributed by atoms with Crippen LogP contribution in [-0.2, 0) is 11.3 Å². The lowest BCUT2D eigenvalue weighted by atomic mass is 10.1. The maximum atomic E-state index is 13.5. The van der Waals surface area contributed by atoms with Crippen LogP contribution in [0, 0.1) is 6.92 Å². The van der Waals surface area contributed by atoms with E-state index in [2.05, 4.69) is 17.2 Å². The zero-order chi connectivity index (χ0) is 19.8. The number of hydrogen-bond donors (Lipinski definition) is 0. The molecule has 1 aliphatic heterocycles. The number of benzene rings is 3. The average Bonchev–Trinajstić information content (AvgIpc) is 3.12. The van der Waals surface area contributed by atoms with Crippen molar-refractivity contribution >= 4 is 29.0 Å². The molecule has 3 aromatic carbocycles. The van der Waals surface area contributed by atoms with Gasteiger partial charge in [-0.3, -0.25) is 14.4 Å². The van der Waals surface area contributed by atoms with Gasteiger partial charge in [-0.15, -0.1) is 0 Å². The fourth-order valence-electron chi connectivity index (χ4n) is 3.68. The second kappa shape index (κ2) is 7.26. The molecule has 1 aromatic heterocycles. The molecule has 0 unspecified atom stereocenters. The number of hydrogen-bond acceptors (Lipinski definition) is 3. The van der Waals surface area contributed by atoms with Gasteiger partial charge in [-0.05, 0) is 42.8 Å². The van der Waals surface area contributed by atoms with Crippen LogP contribution in [0.5, 0.6) is 0 Å². The Kier molecular flexibility index (Phi) is 4.45. The topological polar surface area (TPSA) is 38.1 Å². The lowest BCUT2D eigenvalue weighted by molar-refractivity contribution is -0.118. The lowest BCUT2D eigenvalue weighted by Gasteiger charge is -2.31. The summed E-state index contributed by atoms with van der Waals surface area (Å²) in [5.41, 5.74) is 4.74. The third kappa shape index (κ3) is 3.23. The Morgan fingerprint density at radius 1 is 0.862 bits per heavy atom. The SMILES string of the molecule is Cc1cc(-c2ccccc2)n(CC(=O)N2c3ccccc3Sc3ccccc32)n1. The van der Waals surface area contributed by atoms with Gasteiger partial charge in [0.2, 0.25) is 0 Å². The van der Waals surface area contributed by atoms with E-state index in [-0.39, 0.29) is 12.5 Å². The molecule has 5 rings (SSSR count). The minimum absolute atomic E-state index is 0.00881. The van der Waals surface area contributed by atoms with Gasteiger partial charge in [0.15, 0.2) is 0 Å². The lowest BCUT2D eigenvalue weighted by Crippen LogP contribution is -2.32. The molecule has 0 atom stereocenters. The number of carbonyl (C=O) groups excluding carboxylic acids is 1. The van der Waals surface area contributed by atoms with Gasteiger partial charge in [-0.25, -0.2) is 0 Å². The molecule has 5 heteroatoms. The zero-order valence-corrected chi connectivity index (χ0v) is 16.8. The van der Waals surface area contributed by atoms with E-state index in [4.69, 9.17) is 0 Å². The summed E-state index contributed by atoms with van der Waals surface area (Å²) in [5, 5.41) is 4.60. The van der Waals surface area contributed by atoms with E-state index >= 15 is 0 Å². The first kappa shape index (κ1) is 17.8. The van der Waals surface area contributed by atoms with Crippen LogP contribution in [0.2, 0.25) is 0 Å². The van der Waals surface area contributed by atoms with Crippen LogP contribution in [0.25, 0.3) is 11.3 Å². The van der Waals surface area contributed by atoms with Gasteiger partial charge < -0.3 is 0 Å². The number of aromatic nitrogens is 2. The Hall–Kier alpha value is -3.31. The molecule has 0 saturated carbocycles. The first-order chi connectivity index (χ1) is 14.2. The maximum absolute atomic E-state index is 13.5. The first-order valence-electron chi connectivity index (χ1n) is 9.49. The number of fused-ring (bicyclic) bond motifs is 2. The Balaban J connectivity index is 1.55. The first-order valence-corrected chi connectivity index (χ1v) is 10.3. The summed E-state index contributed by atoms with van der Waals surface area (Å²) >= 11 is 1.70. The fraction of sp³-hybridized carbons (Fsp3) is 0.0833. The third-order valence-corrected chi connectivity index (χ3v) is 6.07. The van der Waals surface area contributed by atoms with E-state index in [0.717, 1.165) is 38.1 Å². The summed E-state index contributed by atoms with van der Waals surface area (Å²) in [7, 11) is 0. The molecule has 0 saturated heterocycles. The highest BCUT2D eigenvalue weighted by atomic mass is 32.2. The van der Waals surface area contributed by atoms with Crippen LogP contribution in [0.15, 0.2) is 94.7 Å². The molecule has 0 aliphatic carbocycles. The van der Waals surface area contributed by atoms with Crippen molar-refractivity contribution in [3.63, 3.8) is 0 Å². The number of aryl methyl sites for hydroxylation is 1. The van der Waals surface area contributed by atoms with Crippen molar-refractivity contribution in [1.29, 1.82) is 0 Å². The van der Waals surface area contributed by atoms with Gasteiger partial charge in [0.1, 0.15) is 6.54 Å². The highest BCUT2D eigenvalue weighted by Crippen LogP contribution is 2.47. The van der Waals surface area contributed by atoms with Gasteiger partial charge >= 0.3 is 0 Å². The van der Waals surface area contributed by atoms with Crippen molar-refractivity contribution < 1.29 is 4.79 Å². The minimum Gasteiger partial charge on any atom is -0.277 e. The fourth-order valence-corrected chi connectivity index (χ4v) is 4.74. The molecule has 4 aromatic rings. The van der Waals surface area contributed by atoms with Gasteiger partial charge in [-0.2, -0.15) is 5.10 Å². The number of carbonyl (C=O) groups is 1. The van der Waals surface area contributed by atoms with E-state index in [0.29, 0.717) is 0 Å². The monoisotopic (exact) mass is 397 g/mol. The molecule has 29 heavy (non-hydrogen) atoms. The van der Waals surface area contributed by atoms with Crippen LogP contribution in [0.4, 0.5) is 11.4 Å². The van der Waals surface area contributed by atoms with Crippen molar-refractivity contribution in [3.05, 3.63) is 90.6 Å². The zero-order valence-electron chi connectivity index (χ0n) is 15.9.